The van der Waals surface area contributed by atoms with Gasteiger partial charge in [-0.05, 0) is 6.42 Å². The highest BCUT2D eigenvalue weighted by molar-refractivity contribution is 7.99. The molecule has 21 heavy (non-hydrogen) atoms. The summed E-state index contributed by atoms with van der Waals surface area (Å²) in [5.41, 5.74) is 0.756. The summed E-state index contributed by atoms with van der Waals surface area (Å²) in [6.45, 7) is 1.36. The van der Waals surface area contributed by atoms with Crippen LogP contribution >= 0.6 is 11.8 Å². The molecule has 1 unspecified atom stereocenters. The fourth-order valence-corrected chi connectivity index (χ4v) is 3.23. The second-order valence-electron chi connectivity index (χ2n) is 4.92. The number of nitrogens with one attached hydrogen (secondary N) is 2. The van der Waals surface area contributed by atoms with Gasteiger partial charge in [0.1, 0.15) is 0 Å². The van der Waals surface area contributed by atoms with Gasteiger partial charge in [-0.3, -0.25) is 14.9 Å². The fourth-order valence-electron chi connectivity index (χ4n) is 2.28. The van der Waals surface area contributed by atoms with Gasteiger partial charge in [0.2, 0.25) is 5.91 Å². The first kappa shape index (κ1) is 15.8. The first-order chi connectivity index (χ1) is 10.2. The van der Waals surface area contributed by atoms with Crippen LogP contribution in [0.3, 0.4) is 0 Å². The number of carbonyl (C=O) groups is 1. The van der Waals surface area contributed by atoms with Crippen molar-refractivity contribution in [3.63, 3.8) is 0 Å². The molecule has 7 heteroatoms. The molecule has 6 nitrogen and oxygen atoms in total. The normalized spacial score (nSPS) is 18.2. The lowest BCUT2D eigenvalue weighted by Gasteiger charge is -2.22. The van der Waals surface area contributed by atoms with E-state index in [1.807, 2.05) is 11.8 Å². The first-order valence-corrected chi connectivity index (χ1v) is 8.12. The number of carbonyl (C=O) groups excluding carboxylic acids is 1. The monoisotopic (exact) mass is 309 g/mol. The molecule has 1 atom stereocenters. The van der Waals surface area contributed by atoms with Gasteiger partial charge in [-0.25, -0.2) is 0 Å². The molecule has 2 rings (SSSR count). The predicted octanol–water partition coefficient (Wildman–Crippen LogP) is 1.35. The second kappa shape index (κ2) is 7.99. The summed E-state index contributed by atoms with van der Waals surface area (Å²) in [5.74, 6) is 2.04. The Morgan fingerprint density at radius 2 is 2.29 bits per heavy atom. The number of benzene rings is 1. The van der Waals surface area contributed by atoms with Crippen LogP contribution in [0, 0.1) is 10.1 Å². The maximum atomic E-state index is 11.8. The van der Waals surface area contributed by atoms with E-state index in [0.29, 0.717) is 24.9 Å². The minimum absolute atomic E-state index is 0.00594. The fraction of sp³-hybridized carbons (Fsp3) is 0.500. The lowest BCUT2D eigenvalue weighted by Crippen LogP contribution is -2.41. The van der Waals surface area contributed by atoms with Crippen molar-refractivity contribution in [3.8, 4) is 0 Å². The average molecular weight is 309 g/mol. The van der Waals surface area contributed by atoms with Crippen LogP contribution in [0.25, 0.3) is 0 Å². The van der Waals surface area contributed by atoms with E-state index < -0.39 is 0 Å². The van der Waals surface area contributed by atoms with Crippen LogP contribution in [-0.2, 0) is 11.2 Å². The number of nitrogens with zero attached hydrogens (tertiary/aromatic N) is 1. The molecule has 1 aliphatic heterocycles. The highest BCUT2D eigenvalue weighted by atomic mass is 32.2. The molecular formula is C14H19N3O3S. The molecule has 1 aromatic rings. The molecule has 1 aliphatic rings. The smallest absolute Gasteiger partial charge is 0.272 e. The lowest BCUT2D eigenvalue weighted by molar-refractivity contribution is -0.385. The molecule has 1 fully saturated rings. The molecule has 1 amide bonds. The highest BCUT2D eigenvalue weighted by Gasteiger charge is 2.17. The number of nitro benzene ring substituents is 1. The van der Waals surface area contributed by atoms with Crippen LogP contribution in [0.5, 0.6) is 0 Å². The zero-order valence-electron chi connectivity index (χ0n) is 11.7. The summed E-state index contributed by atoms with van der Waals surface area (Å²) >= 11 is 1.85. The van der Waals surface area contributed by atoms with Gasteiger partial charge in [-0.2, -0.15) is 11.8 Å². The molecule has 0 saturated carbocycles. The minimum Gasteiger partial charge on any atom is -0.356 e. The van der Waals surface area contributed by atoms with Crippen molar-refractivity contribution in [1.29, 1.82) is 0 Å². The van der Waals surface area contributed by atoms with Crippen LogP contribution in [0.1, 0.15) is 12.0 Å². The van der Waals surface area contributed by atoms with E-state index in [1.54, 1.807) is 18.2 Å². The molecule has 0 bridgehead atoms. The van der Waals surface area contributed by atoms with Gasteiger partial charge in [-0.15, -0.1) is 0 Å². The van der Waals surface area contributed by atoms with E-state index in [0.717, 1.165) is 18.1 Å². The Morgan fingerprint density at radius 1 is 1.48 bits per heavy atom. The largest absolute Gasteiger partial charge is 0.356 e. The van der Waals surface area contributed by atoms with E-state index in [4.69, 9.17) is 0 Å². The SMILES string of the molecule is O=C(CC1CSCCN1)NCCc1ccccc1[N+](=O)[O-]. The molecule has 0 aromatic heterocycles. The van der Waals surface area contributed by atoms with Gasteiger partial charge in [0.25, 0.3) is 5.69 Å². The van der Waals surface area contributed by atoms with Crippen molar-refractivity contribution in [1.82, 2.24) is 10.6 Å². The molecule has 114 valence electrons. The van der Waals surface area contributed by atoms with Crippen LogP contribution < -0.4 is 10.6 Å². The van der Waals surface area contributed by atoms with Crippen molar-refractivity contribution in [2.24, 2.45) is 0 Å². The Bertz CT molecular complexity index is 504. The zero-order valence-corrected chi connectivity index (χ0v) is 12.5. The Balaban J connectivity index is 1.76. The number of hydrogen-bond acceptors (Lipinski definition) is 5. The van der Waals surface area contributed by atoms with Crippen molar-refractivity contribution in [2.75, 3.05) is 24.6 Å². The molecule has 1 heterocycles. The van der Waals surface area contributed by atoms with Crippen molar-refractivity contribution in [3.05, 3.63) is 39.9 Å². The Labute approximate surface area is 127 Å². The van der Waals surface area contributed by atoms with E-state index >= 15 is 0 Å². The van der Waals surface area contributed by atoms with Crippen LogP contribution in [0.4, 0.5) is 5.69 Å². The summed E-state index contributed by atoms with van der Waals surface area (Å²) in [6, 6.07) is 6.86. The van der Waals surface area contributed by atoms with Crippen molar-refractivity contribution < 1.29 is 9.72 Å². The van der Waals surface area contributed by atoms with Gasteiger partial charge in [0.05, 0.1) is 4.92 Å². The number of nitro groups is 1. The predicted molar refractivity (Wildman–Crippen MR) is 83.5 cm³/mol. The van der Waals surface area contributed by atoms with Gasteiger partial charge in [0, 0.05) is 48.7 Å². The molecular weight excluding hydrogens is 290 g/mol. The molecule has 0 spiro atoms. The molecule has 0 aliphatic carbocycles. The third-order valence-corrected chi connectivity index (χ3v) is 4.47. The van der Waals surface area contributed by atoms with Crippen LogP contribution in [-0.4, -0.2) is 41.5 Å². The quantitative estimate of drug-likeness (QED) is 0.612. The Hall–Kier alpha value is -1.60. The molecule has 1 aromatic carbocycles. The standard InChI is InChI=1S/C14H19N3O3S/c18-14(9-12-10-21-8-7-15-12)16-6-5-11-3-1-2-4-13(11)17(19)20/h1-4,12,15H,5-10H2,(H,16,18). The average Bonchev–Trinajstić information content (AvgIpc) is 2.48. The molecule has 0 radical (unpaired) electrons. The number of para-hydroxylation sites is 1. The number of rotatable bonds is 6. The van der Waals surface area contributed by atoms with E-state index in [9.17, 15) is 14.9 Å². The van der Waals surface area contributed by atoms with Gasteiger partial charge < -0.3 is 10.6 Å². The summed E-state index contributed by atoms with van der Waals surface area (Å²) in [6.07, 6.45) is 0.930. The number of hydrogen-bond donors (Lipinski definition) is 2. The Kier molecular flexibility index (Phi) is 6.01. The van der Waals surface area contributed by atoms with Crippen LogP contribution in [0.2, 0.25) is 0 Å². The van der Waals surface area contributed by atoms with E-state index in [2.05, 4.69) is 10.6 Å². The second-order valence-corrected chi connectivity index (χ2v) is 6.07. The number of thioether (sulfide) groups is 1. The highest BCUT2D eigenvalue weighted by Crippen LogP contribution is 2.17. The van der Waals surface area contributed by atoms with Gasteiger partial charge >= 0.3 is 0 Å². The van der Waals surface area contributed by atoms with E-state index in [-0.39, 0.29) is 22.6 Å². The third kappa shape index (κ3) is 5.02. The van der Waals surface area contributed by atoms with Gasteiger partial charge in [0.15, 0.2) is 0 Å². The van der Waals surface area contributed by atoms with Crippen LogP contribution in [0.15, 0.2) is 24.3 Å². The first-order valence-electron chi connectivity index (χ1n) is 6.97. The van der Waals surface area contributed by atoms with Crippen molar-refractivity contribution in [2.45, 2.75) is 18.9 Å². The number of amides is 1. The summed E-state index contributed by atoms with van der Waals surface area (Å²) in [7, 11) is 0. The third-order valence-electron chi connectivity index (χ3n) is 3.34. The summed E-state index contributed by atoms with van der Waals surface area (Å²) in [5, 5.41) is 17.0. The maximum absolute atomic E-state index is 11.8. The Morgan fingerprint density at radius 3 is 3.00 bits per heavy atom. The topological polar surface area (TPSA) is 84.3 Å². The maximum Gasteiger partial charge on any atom is 0.272 e. The van der Waals surface area contributed by atoms with E-state index in [1.165, 1.54) is 6.07 Å². The lowest BCUT2D eigenvalue weighted by atomic mass is 10.1. The molecule has 2 N–H and O–H groups in total. The van der Waals surface area contributed by atoms with Gasteiger partial charge in [-0.1, -0.05) is 18.2 Å². The zero-order chi connectivity index (χ0) is 15.1. The summed E-state index contributed by atoms with van der Waals surface area (Å²) < 4.78 is 0. The summed E-state index contributed by atoms with van der Waals surface area (Å²) in [4.78, 5) is 22.3. The minimum atomic E-state index is -0.389. The molecule has 1 saturated heterocycles. The van der Waals surface area contributed by atoms with Crippen molar-refractivity contribution >= 4 is 23.4 Å².